The largest absolute Gasteiger partial charge is 0.478 e. The van der Waals surface area contributed by atoms with Gasteiger partial charge in [-0.3, -0.25) is 0 Å². The standard InChI is InChI=1S/C17H19NO3/c1-2-3-5-12-8-10-13(11-9-12)21-15-7-4-6-14(16(15)18)17(19)20/h4,6-11H,2-3,5,18H2,1H3,(H,19,20). The first kappa shape index (κ1) is 14.9. The molecular weight excluding hydrogens is 266 g/mol. The molecule has 0 radical (unpaired) electrons. The highest BCUT2D eigenvalue weighted by Crippen LogP contribution is 2.30. The van der Waals surface area contributed by atoms with E-state index in [4.69, 9.17) is 15.6 Å². The monoisotopic (exact) mass is 285 g/mol. The minimum Gasteiger partial charge on any atom is -0.478 e. The first-order valence-corrected chi connectivity index (χ1v) is 7.00. The van der Waals surface area contributed by atoms with E-state index in [1.807, 2.05) is 24.3 Å². The Morgan fingerprint density at radius 1 is 1.19 bits per heavy atom. The number of carboxylic acid groups (broad SMARTS) is 1. The molecule has 0 amide bonds. The number of para-hydroxylation sites is 1. The molecule has 4 heteroatoms. The van der Waals surface area contributed by atoms with Crippen molar-refractivity contribution in [3.63, 3.8) is 0 Å². The Morgan fingerprint density at radius 2 is 1.90 bits per heavy atom. The second-order valence-corrected chi connectivity index (χ2v) is 4.87. The Balaban J connectivity index is 2.15. The van der Waals surface area contributed by atoms with E-state index in [1.165, 1.54) is 11.6 Å². The van der Waals surface area contributed by atoms with Gasteiger partial charge in [-0.2, -0.15) is 0 Å². The van der Waals surface area contributed by atoms with Crippen molar-refractivity contribution in [2.45, 2.75) is 26.2 Å². The first-order chi connectivity index (χ1) is 10.1. The van der Waals surface area contributed by atoms with E-state index in [2.05, 4.69) is 6.92 Å². The van der Waals surface area contributed by atoms with Crippen LogP contribution in [-0.4, -0.2) is 11.1 Å². The van der Waals surface area contributed by atoms with Crippen LogP contribution < -0.4 is 10.5 Å². The van der Waals surface area contributed by atoms with Crippen LogP contribution in [0.25, 0.3) is 0 Å². The molecule has 0 aliphatic carbocycles. The van der Waals surface area contributed by atoms with E-state index in [0.29, 0.717) is 11.5 Å². The summed E-state index contributed by atoms with van der Waals surface area (Å²) in [6, 6.07) is 12.5. The first-order valence-electron chi connectivity index (χ1n) is 7.00. The molecule has 2 rings (SSSR count). The summed E-state index contributed by atoms with van der Waals surface area (Å²) in [5.74, 6) is -0.0615. The number of carbonyl (C=O) groups is 1. The van der Waals surface area contributed by atoms with Crippen LogP contribution in [0, 0.1) is 0 Å². The summed E-state index contributed by atoms with van der Waals surface area (Å²) in [5, 5.41) is 9.04. The number of nitrogens with two attached hydrogens (primary N) is 1. The number of hydrogen-bond donors (Lipinski definition) is 2. The van der Waals surface area contributed by atoms with Gasteiger partial charge in [-0.1, -0.05) is 31.5 Å². The topological polar surface area (TPSA) is 72.5 Å². The highest BCUT2D eigenvalue weighted by atomic mass is 16.5. The number of aromatic carboxylic acids is 1. The molecule has 2 aromatic carbocycles. The fraction of sp³-hybridized carbons (Fsp3) is 0.235. The van der Waals surface area contributed by atoms with E-state index in [0.717, 1.165) is 19.3 Å². The number of ether oxygens (including phenoxy) is 1. The number of carboxylic acids is 1. The van der Waals surface area contributed by atoms with Crippen molar-refractivity contribution in [1.82, 2.24) is 0 Å². The van der Waals surface area contributed by atoms with E-state index in [9.17, 15) is 4.79 Å². The molecule has 0 saturated heterocycles. The third-order valence-electron chi connectivity index (χ3n) is 3.27. The minimum atomic E-state index is -1.06. The highest BCUT2D eigenvalue weighted by molar-refractivity contribution is 5.95. The van der Waals surface area contributed by atoms with Gasteiger partial charge in [-0.05, 0) is 42.7 Å². The van der Waals surface area contributed by atoms with Crippen LogP contribution in [0.5, 0.6) is 11.5 Å². The molecule has 0 spiro atoms. The molecule has 4 nitrogen and oxygen atoms in total. The zero-order valence-corrected chi connectivity index (χ0v) is 12.0. The van der Waals surface area contributed by atoms with Crippen LogP contribution in [-0.2, 0) is 6.42 Å². The van der Waals surface area contributed by atoms with Gasteiger partial charge in [0, 0.05) is 0 Å². The Labute approximate surface area is 124 Å². The van der Waals surface area contributed by atoms with Gasteiger partial charge in [0.05, 0.1) is 11.3 Å². The lowest BCUT2D eigenvalue weighted by atomic mass is 10.1. The smallest absolute Gasteiger partial charge is 0.337 e. The zero-order chi connectivity index (χ0) is 15.2. The quantitative estimate of drug-likeness (QED) is 0.784. The van der Waals surface area contributed by atoms with E-state index >= 15 is 0 Å². The summed E-state index contributed by atoms with van der Waals surface area (Å²) >= 11 is 0. The summed E-state index contributed by atoms with van der Waals surface area (Å²) < 4.78 is 5.67. The summed E-state index contributed by atoms with van der Waals surface area (Å²) in [6.45, 7) is 2.16. The molecular formula is C17H19NO3. The maximum atomic E-state index is 11.0. The van der Waals surface area contributed by atoms with Crippen molar-refractivity contribution < 1.29 is 14.6 Å². The predicted molar refractivity (Wildman–Crippen MR) is 82.9 cm³/mol. The fourth-order valence-corrected chi connectivity index (χ4v) is 2.05. The third-order valence-corrected chi connectivity index (χ3v) is 3.27. The summed E-state index contributed by atoms with van der Waals surface area (Å²) in [4.78, 5) is 11.0. The number of nitrogen functional groups attached to an aromatic ring is 1. The second kappa shape index (κ2) is 6.79. The van der Waals surface area contributed by atoms with E-state index in [-0.39, 0.29) is 11.3 Å². The normalized spacial score (nSPS) is 10.3. The van der Waals surface area contributed by atoms with Gasteiger partial charge in [-0.25, -0.2) is 4.79 Å². The molecule has 0 aromatic heterocycles. The van der Waals surface area contributed by atoms with E-state index < -0.39 is 5.97 Å². The second-order valence-electron chi connectivity index (χ2n) is 4.87. The van der Waals surface area contributed by atoms with Crippen LogP contribution in [0.1, 0.15) is 35.7 Å². The van der Waals surface area contributed by atoms with Gasteiger partial charge in [0.25, 0.3) is 0 Å². The lowest BCUT2D eigenvalue weighted by molar-refractivity contribution is 0.0697. The van der Waals surface area contributed by atoms with Gasteiger partial charge in [0.2, 0.25) is 0 Å². The van der Waals surface area contributed by atoms with Gasteiger partial charge >= 0.3 is 5.97 Å². The molecule has 0 heterocycles. The zero-order valence-electron chi connectivity index (χ0n) is 12.0. The Hall–Kier alpha value is -2.49. The van der Waals surface area contributed by atoms with Crippen LogP contribution in [0.2, 0.25) is 0 Å². The lowest BCUT2D eigenvalue weighted by Gasteiger charge is -2.10. The van der Waals surface area contributed by atoms with Crippen LogP contribution >= 0.6 is 0 Å². The van der Waals surface area contributed by atoms with Crippen LogP contribution in [0.4, 0.5) is 5.69 Å². The van der Waals surface area contributed by atoms with Gasteiger partial charge in [0.15, 0.2) is 5.75 Å². The van der Waals surface area contributed by atoms with Gasteiger partial charge < -0.3 is 15.6 Å². The van der Waals surface area contributed by atoms with Crippen molar-refractivity contribution in [1.29, 1.82) is 0 Å². The molecule has 0 unspecified atom stereocenters. The van der Waals surface area contributed by atoms with Crippen molar-refractivity contribution in [2.75, 3.05) is 5.73 Å². The Bertz CT molecular complexity index is 620. The van der Waals surface area contributed by atoms with Crippen LogP contribution in [0.3, 0.4) is 0 Å². The molecule has 0 saturated carbocycles. The lowest BCUT2D eigenvalue weighted by Crippen LogP contribution is -2.03. The van der Waals surface area contributed by atoms with Crippen LogP contribution in [0.15, 0.2) is 42.5 Å². The molecule has 0 aliphatic heterocycles. The Kier molecular flexibility index (Phi) is 4.82. The fourth-order valence-electron chi connectivity index (χ4n) is 2.05. The number of benzene rings is 2. The number of aryl methyl sites for hydroxylation is 1. The predicted octanol–water partition coefficient (Wildman–Crippen LogP) is 4.10. The number of unbranched alkanes of at least 4 members (excludes halogenated alkanes) is 1. The molecule has 0 aliphatic rings. The number of anilines is 1. The summed E-state index contributed by atoms with van der Waals surface area (Å²) in [6.07, 6.45) is 3.37. The molecule has 0 atom stereocenters. The van der Waals surface area contributed by atoms with E-state index in [1.54, 1.807) is 12.1 Å². The average molecular weight is 285 g/mol. The van der Waals surface area contributed by atoms with Crippen molar-refractivity contribution in [2.24, 2.45) is 0 Å². The van der Waals surface area contributed by atoms with Gasteiger partial charge in [-0.15, -0.1) is 0 Å². The molecule has 21 heavy (non-hydrogen) atoms. The van der Waals surface area contributed by atoms with Crippen molar-refractivity contribution >= 4 is 11.7 Å². The SMILES string of the molecule is CCCCc1ccc(Oc2cccc(C(=O)O)c2N)cc1. The maximum absolute atomic E-state index is 11.0. The number of hydrogen-bond acceptors (Lipinski definition) is 3. The van der Waals surface area contributed by atoms with Crippen molar-refractivity contribution in [3.8, 4) is 11.5 Å². The molecule has 110 valence electrons. The molecule has 3 N–H and O–H groups in total. The molecule has 0 fully saturated rings. The third kappa shape index (κ3) is 3.75. The van der Waals surface area contributed by atoms with Gasteiger partial charge in [0.1, 0.15) is 5.75 Å². The average Bonchev–Trinajstić information content (AvgIpc) is 2.48. The Morgan fingerprint density at radius 3 is 2.52 bits per heavy atom. The highest BCUT2D eigenvalue weighted by Gasteiger charge is 2.12. The summed E-state index contributed by atoms with van der Waals surface area (Å²) in [5.41, 5.74) is 7.27. The van der Waals surface area contributed by atoms with Crippen molar-refractivity contribution in [3.05, 3.63) is 53.6 Å². The summed E-state index contributed by atoms with van der Waals surface area (Å²) in [7, 11) is 0. The molecule has 0 bridgehead atoms. The minimum absolute atomic E-state index is 0.0482. The maximum Gasteiger partial charge on any atom is 0.337 e. The molecule has 2 aromatic rings. The number of rotatable bonds is 6.